The van der Waals surface area contributed by atoms with Crippen LogP contribution >= 0.6 is 0 Å². The van der Waals surface area contributed by atoms with Gasteiger partial charge in [-0.25, -0.2) is 9.97 Å². The Kier molecular flexibility index (Phi) is 7.59. The summed E-state index contributed by atoms with van der Waals surface area (Å²) in [6.07, 6.45) is 9.43. The molecule has 43 heavy (non-hydrogen) atoms. The molecule has 9 heteroatoms. The number of likely N-dealkylation sites (N-methyl/N-ethyl adjacent to an activating group) is 1. The summed E-state index contributed by atoms with van der Waals surface area (Å²) < 4.78 is 13.9. The van der Waals surface area contributed by atoms with Crippen LogP contribution in [-0.4, -0.2) is 76.2 Å². The van der Waals surface area contributed by atoms with Crippen molar-refractivity contribution in [3.8, 4) is 22.6 Å². The number of amides is 1. The van der Waals surface area contributed by atoms with Crippen LogP contribution in [0.5, 0.6) is 11.5 Å². The monoisotopic (exact) mass is 578 g/mol. The molecule has 9 nitrogen and oxygen atoms in total. The van der Waals surface area contributed by atoms with Gasteiger partial charge in [0.15, 0.2) is 0 Å². The molecule has 2 N–H and O–H groups in total. The maximum atomic E-state index is 13.2. The van der Waals surface area contributed by atoms with Gasteiger partial charge >= 0.3 is 0 Å². The van der Waals surface area contributed by atoms with Gasteiger partial charge in [0.25, 0.3) is 0 Å². The first kappa shape index (κ1) is 27.6. The summed E-state index contributed by atoms with van der Waals surface area (Å²) >= 11 is 0. The van der Waals surface area contributed by atoms with E-state index in [9.17, 15) is 4.79 Å². The lowest BCUT2D eigenvalue weighted by atomic mass is 10.0. The van der Waals surface area contributed by atoms with Crippen LogP contribution in [-0.2, 0) is 9.53 Å². The first-order valence-corrected chi connectivity index (χ1v) is 15.3. The normalized spacial score (nSPS) is 20.6. The van der Waals surface area contributed by atoms with E-state index in [4.69, 9.17) is 20.2 Å². The van der Waals surface area contributed by atoms with Crippen molar-refractivity contribution in [3.63, 3.8) is 0 Å². The summed E-state index contributed by atoms with van der Waals surface area (Å²) in [6.45, 7) is 3.68. The molecule has 1 saturated carbocycles. The van der Waals surface area contributed by atoms with Gasteiger partial charge in [0.05, 0.1) is 18.0 Å². The van der Waals surface area contributed by atoms with Crippen molar-refractivity contribution in [2.24, 2.45) is 0 Å². The van der Waals surface area contributed by atoms with Gasteiger partial charge in [0.1, 0.15) is 29.3 Å². The molecular weight excluding hydrogens is 540 g/mol. The summed E-state index contributed by atoms with van der Waals surface area (Å²) in [7, 11) is 2.09. The molecule has 222 valence electrons. The first-order chi connectivity index (χ1) is 21.1. The minimum atomic E-state index is 0.0615. The van der Waals surface area contributed by atoms with Gasteiger partial charge in [-0.3, -0.25) is 9.69 Å². The van der Waals surface area contributed by atoms with Crippen LogP contribution in [0.2, 0.25) is 0 Å². The number of fused-ring (bicyclic) bond motifs is 1. The summed E-state index contributed by atoms with van der Waals surface area (Å²) in [5.41, 5.74) is 10.8. The number of likely N-dealkylation sites (tertiary alicyclic amines) is 1. The van der Waals surface area contributed by atoms with Crippen LogP contribution in [0, 0.1) is 0 Å². The lowest BCUT2D eigenvalue weighted by molar-refractivity contribution is -0.125. The van der Waals surface area contributed by atoms with Crippen molar-refractivity contribution in [3.05, 3.63) is 78.8 Å². The third-order valence-corrected chi connectivity index (χ3v) is 8.96. The average Bonchev–Trinajstić information content (AvgIpc) is 3.39. The van der Waals surface area contributed by atoms with Crippen molar-refractivity contribution in [2.45, 2.75) is 43.7 Å². The van der Waals surface area contributed by atoms with E-state index in [0.29, 0.717) is 30.9 Å². The number of ether oxygens (including phenoxy) is 2. The predicted octanol–water partition coefficient (Wildman–Crippen LogP) is 5.40. The molecule has 3 aliphatic rings. The third-order valence-electron chi connectivity index (χ3n) is 8.96. The third kappa shape index (κ3) is 5.62. The predicted molar refractivity (Wildman–Crippen MR) is 167 cm³/mol. The summed E-state index contributed by atoms with van der Waals surface area (Å²) in [5, 5.41) is 0.893. The van der Waals surface area contributed by atoms with Gasteiger partial charge in [-0.05, 0) is 68.5 Å². The fourth-order valence-corrected chi connectivity index (χ4v) is 6.50. The maximum Gasteiger partial charge on any atom is 0.246 e. The largest absolute Gasteiger partial charge is 0.457 e. The fraction of sp³-hybridized carbons (Fsp3) is 0.382. The minimum absolute atomic E-state index is 0.0615. The van der Waals surface area contributed by atoms with Crippen molar-refractivity contribution < 1.29 is 14.3 Å². The molecule has 1 amide bonds. The van der Waals surface area contributed by atoms with E-state index >= 15 is 0 Å². The number of rotatable bonds is 9. The van der Waals surface area contributed by atoms with Crippen LogP contribution in [0.15, 0.2) is 73.1 Å². The number of aromatic nitrogens is 3. The van der Waals surface area contributed by atoms with Gasteiger partial charge < -0.3 is 24.7 Å². The van der Waals surface area contributed by atoms with Gasteiger partial charge in [0.2, 0.25) is 5.91 Å². The zero-order chi connectivity index (χ0) is 29.3. The molecule has 7 rings (SSSR count). The van der Waals surface area contributed by atoms with Crippen molar-refractivity contribution >= 4 is 22.8 Å². The first-order valence-electron chi connectivity index (χ1n) is 15.3. The van der Waals surface area contributed by atoms with E-state index in [1.807, 2.05) is 53.4 Å². The number of benzene rings is 2. The Morgan fingerprint density at radius 2 is 1.86 bits per heavy atom. The quantitative estimate of drug-likeness (QED) is 0.266. The Morgan fingerprint density at radius 1 is 1.07 bits per heavy atom. The highest BCUT2D eigenvalue weighted by Crippen LogP contribution is 2.51. The van der Waals surface area contributed by atoms with E-state index in [0.717, 1.165) is 79.1 Å². The Balaban J connectivity index is 1.15. The summed E-state index contributed by atoms with van der Waals surface area (Å²) in [6, 6.07) is 18.5. The number of nitrogen functional groups attached to an aromatic ring is 1. The van der Waals surface area contributed by atoms with Crippen LogP contribution < -0.4 is 10.5 Å². The zero-order valence-electron chi connectivity index (χ0n) is 24.6. The number of hydrogen-bond donors (Lipinski definition) is 1. The molecule has 0 spiro atoms. The molecule has 2 aliphatic heterocycles. The number of carbonyl (C=O) groups is 1. The molecule has 1 aliphatic carbocycles. The Hall–Kier alpha value is -4.21. The molecular formula is C34H38N6O3. The van der Waals surface area contributed by atoms with Crippen LogP contribution in [0.25, 0.3) is 22.2 Å². The van der Waals surface area contributed by atoms with Crippen LogP contribution in [0.1, 0.15) is 43.3 Å². The van der Waals surface area contributed by atoms with E-state index in [1.165, 1.54) is 5.69 Å². The SMILES string of the molecule is CN(C/C=C/C(=O)N1CC[C@@H](n2c(C3CC3)c(-c3ccc(Oc4ccccc4)cc3)c3c(N)ncnc32)C1)[C@H]1CCOC1. The Labute approximate surface area is 251 Å². The van der Waals surface area contributed by atoms with Crippen molar-refractivity contribution in [1.82, 2.24) is 24.3 Å². The molecule has 2 aromatic carbocycles. The molecule has 2 saturated heterocycles. The average molecular weight is 579 g/mol. The molecule has 0 radical (unpaired) electrons. The fourth-order valence-electron chi connectivity index (χ4n) is 6.50. The number of para-hydroxylation sites is 1. The second-order valence-corrected chi connectivity index (χ2v) is 11.9. The topological polar surface area (TPSA) is 98.7 Å². The van der Waals surface area contributed by atoms with E-state index in [1.54, 1.807) is 12.4 Å². The van der Waals surface area contributed by atoms with Crippen LogP contribution in [0.3, 0.4) is 0 Å². The molecule has 0 unspecified atom stereocenters. The molecule has 0 bridgehead atoms. The van der Waals surface area contributed by atoms with Gasteiger partial charge in [-0.1, -0.05) is 36.4 Å². The number of anilines is 1. The summed E-state index contributed by atoms with van der Waals surface area (Å²) in [4.78, 5) is 26.6. The second kappa shape index (κ2) is 11.8. The standard InChI is InChI=1S/C34H38N6O3/c1-38(26-16-19-42-21-26)17-5-8-29(41)39-18-15-25(20-39)40-32(24-9-10-24)30(31-33(35)36-22-37-34(31)40)23-11-13-28(14-12-23)43-27-6-3-2-4-7-27/h2-8,11-14,22,24-26H,9-10,15-21H2,1H3,(H2,35,36,37)/b8-5+/t25-,26+/m1/s1. The summed E-state index contributed by atoms with van der Waals surface area (Å²) in [5.74, 6) is 2.55. The molecule has 2 aromatic heterocycles. The number of hydrogen-bond acceptors (Lipinski definition) is 7. The minimum Gasteiger partial charge on any atom is -0.457 e. The molecule has 4 aromatic rings. The number of nitrogens with two attached hydrogens (primary N) is 1. The number of nitrogens with zero attached hydrogens (tertiary/aromatic N) is 5. The van der Waals surface area contributed by atoms with Crippen molar-refractivity contribution in [2.75, 3.05) is 45.6 Å². The van der Waals surface area contributed by atoms with Gasteiger partial charge in [0, 0.05) is 49.6 Å². The van der Waals surface area contributed by atoms with E-state index in [-0.39, 0.29) is 11.9 Å². The van der Waals surface area contributed by atoms with Gasteiger partial charge in [-0.2, -0.15) is 0 Å². The highest BCUT2D eigenvalue weighted by molar-refractivity contribution is 6.03. The Bertz CT molecular complexity index is 1620. The highest BCUT2D eigenvalue weighted by atomic mass is 16.5. The highest BCUT2D eigenvalue weighted by Gasteiger charge is 2.38. The second-order valence-electron chi connectivity index (χ2n) is 11.9. The van der Waals surface area contributed by atoms with E-state index in [2.05, 4.69) is 33.6 Å². The molecule has 4 heterocycles. The zero-order valence-corrected chi connectivity index (χ0v) is 24.6. The van der Waals surface area contributed by atoms with Crippen molar-refractivity contribution in [1.29, 1.82) is 0 Å². The molecule has 3 fully saturated rings. The smallest absolute Gasteiger partial charge is 0.246 e. The Morgan fingerprint density at radius 3 is 2.60 bits per heavy atom. The van der Waals surface area contributed by atoms with E-state index < -0.39 is 0 Å². The lowest BCUT2D eigenvalue weighted by Gasteiger charge is -2.21. The lowest BCUT2D eigenvalue weighted by Crippen LogP contribution is -2.32. The number of carbonyl (C=O) groups excluding carboxylic acids is 1. The molecule has 2 atom stereocenters. The van der Waals surface area contributed by atoms with Crippen LogP contribution in [0.4, 0.5) is 5.82 Å². The van der Waals surface area contributed by atoms with Gasteiger partial charge in [-0.15, -0.1) is 0 Å². The maximum absolute atomic E-state index is 13.2.